The van der Waals surface area contributed by atoms with Crippen molar-refractivity contribution in [3.05, 3.63) is 58.8 Å². The molecule has 3 aromatic heterocycles. The maximum atomic E-state index is 10.3. The highest BCUT2D eigenvalue weighted by Gasteiger charge is 2.32. The molecular formula is C24H21N5O. The van der Waals surface area contributed by atoms with Crippen LogP contribution in [-0.2, 0) is 0 Å². The number of aryl methyl sites for hydroxylation is 2. The first-order chi connectivity index (χ1) is 14.5. The zero-order chi connectivity index (χ0) is 21.0. The van der Waals surface area contributed by atoms with Crippen LogP contribution >= 0.6 is 0 Å². The van der Waals surface area contributed by atoms with E-state index in [1.165, 1.54) is 0 Å². The van der Waals surface area contributed by atoms with Gasteiger partial charge >= 0.3 is 0 Å². The maximum absolute atomic E-state index is 10.3. The molecule has 6 heteroatoms. The van der Waals surface area contributed by atoms with Gasteiger partial charge in [0.25, 0.3) is 0 Å². The van der Waals surface area contributed by atoms with Gasteiger partial charge in [-0.05, 0) is 67.9 Å². The molecule has 6 nitrogen and oxygen atoms in total. The zero-order valence-corrected chi connectivity index (χ0v) is 17.1. The molecule has 0 saturated heterocycles. The molecule has 0 unspecified atom stereocenters. The van der Waals surface area contributed by atoms with E-state index in [9.17, 15) is 10.4 Å². The molecule has 1 aliphatic carbocycles. The Morgan fingerprint density at radius 3 is 2.47 bits per heavy atom. The SMILES string of the molecule is Cc1ncc(-c2[nH]c3ncc(-c4c(C)ccc(O)c4C)c(C#N)c3c2C2CC2)cn1. The van der Waals surface area contributed by atoms with Crippen molar-refractivity contribution in [2.24, 2.45) is 0 Å². The predicted octanol–water partition coefficient (Wildman–Crippen LogP) is 5.07. The van der Waals surface area contributed by atoms with Crippen molar-refractivity contribution in [2.45, 2.75) is 39.5 Å². The first-order valence-corrected chi connectivity index (χ1v) is 10.0. The molecule has 1 fully saturated rings. The van der Waals surface area contributed by atoms with Gasteiger partial charge in [-0.25, -0.2) is 15.0 Å². The lowest BCUT2D eigenvalue weighted by atomic mass is 9.90. The maximum Gasteiger partial charge on any atom is 0.139 e. The van der Waals surface area contributed by atoms with E-state index in [1.54, 1.807) is 12.3 Å². The van der Waals surface area contributed by atoms with E-state index in [2.05, 4.69) is 26.0 Å². The molecule has 1 aliphatic rings. The van der Waals surface area contributed by atoms with Crippen LogP contribution in [0.3, 0.4) is 0 Å². The van der Waals surface area contributed by atoms with Crippen LogP contribution in [0.1, 0.15) is 46.8 Å². The smallest absolute Gasteiger partial charge is 0.139 e. The Hall–Kier alpha value is -3.72. The minimum absolute atomic E-state index is 0.216. The molecule has 4 aromatic rings. The van der Waals surface area contributed by atoms with Gasteiger partial charge in [-0.1, -0.05) is 6.07 Å². The molecule has 0 radical (unpaired) electrons. The number of hydrogen-bond acceptors (Lipinski definition) is 5. The van der Waals surface area contributed by atoms with Gasteiger partial charge in [-0.15, -0.1) is 0 Å². The summed E-state index contributed by atoms with van der Waals surface area (Å²) in [6.07, 6.45) is 7.54. The second kappa shape index (κ2) is 6.67. The van der Waals surface area contributed by atoms with Crippen LogP contribution < -0.4 is 0 Å². The Morgan fingerprint density at radius 2 is 1.80 bits per heavy atom. The summed E-state index contributed by atoms with van der Waals surface area (Å²) in [7, 11) is 0. The predicted molar refractivity (Wildman–Crippen MR) is 115 cm³/mol. The Labute approximate surface area is 174 Å². The zero-order valence-electron chi connectivity index (χ0n) is 17.1. The molecule has 0 aliphatic heterocycles. The fourth-order valence-electron chi connectivity index (χ4n) is 4.26. The normalized spacial score (nSPS) is 13.5. The average Bonchev–Trinajstić information content (AvgIpc) is 3.51. The van der Waals surface area contributed by atoms with Crippen molar-refractivity contribution in [3.8, 4) is 34.2 Å². The van der Waals surface area contributed by atoms with Crippen LogP contribution in [0.2, 0.25) is 0 Å². The van der Waals surface area contributed by atoms with Gasteiger partial charge in [0.15, 0.2) is 0 Å². The molecule has 1 aromatic carbocycles. The fraction of sp³-hybridized carbons (Fsp3) is 0.250. The van der Waals surface area contributed by atoms with Crippen LogP contribution in [0, 0.1) is 32.1 Å². The Morgan fingerprint density at radius 1 is 1.07 bits per heavy atom. The summed E-state index contributed by atoms with van der Waals surface area (Å²) in [6.45, 7) is 5.72. The topological polar surface area (TPSA) is 98.5 Å². The number of phenolic OH excluding ortho intramolecular Hbond substituents is 1. The van der Waals surface area contributed by atoms with Gasteiger partial charge in [0.1, 0.15) is 23.3 Å². The summed E-state index contributed by atoms with van der Waals surface area (Å²) in [6, 6.07) is 6.00. The van der Waals surface area contributed by atoms with Gasteiger partial charge in [0, 0.05) is 35.1 Å². The molecule has 1 saturated carbocycles. The highest BCUT2D eigenvalue weighted by atomic mass is 16.3. The van der Waals surface area contributed by atoms with Crippen molar-refractivity contribution in [1.29, 1.82) is 5.26 Å². The van der Waals surface area contributed by atoms with Crippen LogP contribution in [0.5, 0.6) is 5.75 Å². The van der Waals surface area contributed by atoms with E-state index in [0.29, 0.717) is 17.1 Å². The number of aromatic nitrogens is 4. The van der Waals surface area contributed by atoms with Gasteiger partial charge in [0.2, 0.25) is 0 Å². The molecule has 2 N–H and O–H groups in total. The minimum Gasteiger partial charge on any atom is -0.508 e. The quantitative estimate of drug-likeness (QED) is 0.505. The molecular weight excluding hydrogens is 374 g/mol. The number of hydrogen-bond donors (Lipinski definition) is 2. The van der Waals surface area contributed by atoms with Gasteiger partial charge in [-0.3, -0.25) is 0 Å². The van der Waals surface area contributed by atoms with Gasteiger partial charge in [0.05, 0.1) is 11.3 Å². The van der Waals surface area contributed by atoms with Crippen molar-refractivity contribution in [2.75, 3.05) is 0 Å². The number of nitrogens with one attached hydrogen (secondary N) is 1. The molecule has 5 rings (SSSR count). The molecule has 148 valence electrons. The van der Waals surface area contributed by atoms with Crippen molar-refractivity contribution < 1.29 is 5.11 Å². The number of aromatic amines is 1. The lowest BCUT2D eigenvalue weighted by Gasteiger charge is -2.13. The number of fused-ring (bicyclic) bond motifs is 1. The first-order valence-electron chi connectivity index (χ1n) is 10.0. The number of phenols is 1. The van der Waals surface area contributed by atoms with E-state index in [0.717, 1.165) is 63.1 Å². The second-order valence-electron chi connectivity index (χ2n) is 7.99. The fourth-order valence-corrected chi connectivity index (χ4v) is 4.26. The summed E-state index contributed by atoms with van der Waals surface area (Å²) in [5, 5.41) is 21.3. The molecule has 3 heterocycles. The second-order valence-corrected chi connectivity index (χ2v) is 7.99. The molecule has 0 atom stereocenters. The molecule has 0 amide bonds. The van der Waals surface area contributed by atoms with Crippen molar-refractivity contribution in [1.82, 2.24) is 19.9 Å². The largest absolute Gasteiger partial charge is 0.508 e. The van der Waals surface area contributed by atoms with Crippen molar-refractivity contribution in [3.63, 3.8) is 0 Å². The summed E-state index contributed by atoms with van der Waals surface area (Å²) in [5.41, 5.74) is 7.62. The Balaban J connectivity index is 1.84. The van der Waals surface area contributed by atoms with E-state index in [4.69, 9.17) is 0 Å². The van der Waals surface area contributed by atoms with Crippen LogP contribution in [0.15, 0.2) is 30.7 Å². The highest BCUT2D eigenvalue weighted by Crippen LogP contribution is 2.49. The monoisotopic (exact) mass is 395 g/mol. The molecule has 0 spiro atoms. The number of benzene rings is 1. The van der Waals surface area contributed by atoms with E-state index in [1.807, 2.05) is 39.2 Å². The third-order valence-corrected chi connectivity index (χ3v) is 5.94. The number of H-pyrrole nitrogens is 1. The third kappa shape index (κ3) is 2.74. The van der Waals surface area contributed by atoms with Crippen LogP contribution in [0.4, 0.5) is 0 Å². The summed E-state index contributed by atoms with van der Waals surface area (Å²) >= 11 is 0. The number of rotatable bonds is 3. The summed E-state index contributed by atoms with van der Waals surface area (Å²) in [5.74, 6) is 1.33. The average molecular weight is 395 g/mol. The standard InChI is InChI=1S/C24H21N5O/c1-12-4-7-19(30)13(2)20(12)18-11-28-24-22(17(18)8-25)21(15-5-6-15)23(29-24)16-9-26-14(3)27-10-16/h4,7,9-11,15,30H,5-6H2,1-3H3,(H,28,29). The minimum atomic E-state index is 0.216. The van der Waals surface area contributed by atoms with Crippen LogP contribution in [-0.4, -0.2) is 25.0 Å². The highest BCUT2D eigenvalue weighted by molar-refractivity contribution is 5.98. The van der Waals surface area contributed by atoms with E-state index >= 15 is 0 Å². The molecule has 0 bridgehead atoms. The third-order valence-electron chi connectivity index (χ3n) is 5.94. The Bertz CT molecular complexity index is 1340. The lowest BCUT2D eigenvalue weighted by Crippen LogP contribution is -1.95. The number of nitriles is 1. The summed E-state index contributed by atoms with van der Waals surface area (Å²) in [4.78, 5) is 16.8. The van der Waals surface area contributed by atoms with Crippen LogP contribution in [0.25, 0.3) is 33.4 Å². The summed E-state index contributed by atoms with van der Waals surface area (Å²) < 4.78 is 0. The number of aromatic hydroxyl groups is 1. The number of nitrogens with zero attached hydrogens (tertiary/aromatic N) is 4. The van der Waals surface area contributed by atoms with Crippen molar-refractivity contribution >= 4 is 11.0 Å². The van der Waals surface area contributed by atoms with Gasteiger partial charge in [-0.2, -0.15) is 5.26 Å². The van der Waals surface area contributed by atoms with E-state index < -0.39 is 0 Å². The van der Waals surface area contributed by atoms with E-state index in [-0.39, 0.29) is 5.75 Å². The number of pyridine rings is 1. The lowest BCUT2D eigenvalue weighted by molar-refractivity contribution is 0.471. The first kappa shape index (κ1) is 18.3. The Kier molecular flexibility index (Phi) is 4.07. The van der Waals surface area contributed by atoms with Gasteiger partial charge < -0.3 is 10.1 Å². The molecule has 30 heavy (non-hydrogen) atoms.